The smallest absolute Gasteiger partial charge is 0.415 e. The van der Waals surface area contributed by atoms with E-state index in [1.165, 1.54) is 0 Å². The third-order valence-corrected chi connectivity index (χ3v) is 2.64. The van der Waals surface area contributed by atoms with E-state index < -0.39 is 11.7 Å². The van der Waals surface area contributed by atoms with E-state index in [2.05, 4.69) is 12.2 Å². The summed E-state index contributed by atoms with van der Waals surface area (Å²) in [6.45, 7) is 2.06. The van der Waals surface area contributed by atoms with E-state index >= 15 is 0 Å². The quantitative estimate of drug-likeness (QED) is 0.583. The predicted octanol–water partition coefficient (Wildman–Crippen LogP) is 0.812. The number of amides is 2. The van der Waals surface area contributed by atoms with Crippen LogP contribution >= 0.6 is 0 Å². The van der Waals surface area contributed by atoms with Gasteiger partial charge >= 0.3 is 6.09 Å². The summed E-state index contributed by atoms with van der Waals surface area (Å²) < 4.78 is 4.99. The highest BCUT2D eigenvalue weighted by Gasteiger charge is 2.52. The maximum Gasteiger partial charge on any atom is 0.415 e. The molecule has 1 N–H and O–H groups in total. The molecule has 1 aliphatic carbocycles. The molecule has 4 heteroatoms. The van der Waals surface area contributed by atoms with Crippen LogP contribution in [0.3, 0.4) is 0 Å². The van der Waals surface area contributed by atoms with Crippen LogP contribution in [-0.2, 0) is 9.53 Å². The van der Waals surface area contributed by atoms with Crippen LogP contribution in [0.4, 0.5) is 4.79 Å². The minimum atomic E-state index is -0.809. The number of hydrogen-bond acceptors (Lipinski definition) is 3. The molecule has 1 saturated heterocycles. The summed E-state index contributed by atoms with van der Waals surface area (Å²) in [6, 6.07) is 0. The Hall–Kier alpha value is -1.06. The van der Waals surface area contributed by atoms with Crippen molar-refractivity contribution in [2.24, 2.45) is 5.92 Å². The van der Waals surface area contributed by atoms with Crippen molar-refractivity contribution in [1.29, 1.82) is 0 Å². The van der Waals surface area contributed by atoms with Crippen LogP contribution in [-0.4, -0.2) is 17.6 Å². The molecule has 1 saturated carbocycles. The zero-order valence-electron chi connectivity index (χ0n) is 6.92. The molecular weight excluding hydrogens is 158 g/mol. The number of ether oxygens (including phenoxy) is 1. The van der Waals surface area contributed by atoms with Crippen molar-refractivity contribution < 1.29 is 14.3 Å². The lowest BCUT2D eigenvalue weighted by molar-refractivity contribution is -0.131. The first kappa shape index (κ1) is 7.58. The molecule has 2 atom stereocenters. The number of hydrogen-bond donors (Lipinski definition) is 1. The molecular formula is C8H11NO3. The average Bonchev–Trinajstić information content (AvgIpc) is 2.43. The first-order chi connectivity index (χ1) is 5.62. The van der Waals surface area contributed by atoms with E-state index in [0.717, 1.165) is 6.42 Å². The lowest BCUT2D eigenvalue weighted by Crippen LogP contribution is -2.36. The van der Waals surface area contributed by atoms with Gasteiger partial charge in [-0.2, -0.15) is 0 Å². The first-order valence-corrected chi connectivity index (χ1v) is 4.17. The minimum Gasteiger partial charge on any atom is -0.432 e. The molecule has 0 aromatic heterocycles. The van der Waals surface area contributed by atoms with Crippen LogP contribution in [0.5, 0.6) is 0 Å². The van der Waals surface area contributed by atoms with Gasteiger partial charge in [0.15, 0.2) is 5.60 Å². The van der Waals surface area contributed by atoms with Crippen molar-refractivity contribution in [3.8, 4) is 0 Å². The van der Waals surface area contributed by atoms with E-state index in [1.54, 1.807) is 0 Å². The van der Waals surface area contributed by atoms with E-state index in [9.17, 15) is 9.59 Å². The zero-order chi connectivity index (χ0) is 8.77. The Morgan fingerprint density at radius 3 is 2.75 bits per heavy atom. The number of alkyl carbamates (subject to hydrolysis) is 1. The lowest BCUT2D eigenvalue weighted by Gasteiger charge is -2.16. The molecule has 2 unspecified atom stereocenters. The second-order valence-electron chi connectivity index (χ2n) is 3.69. The van der Waals surface area contributed by atoms with Gasteiger partial charge in [0, 0.05) is 0 Å². The number of carbonyl (C=O) groups is 2. The number of carbonyl (C=O) groups excluding carboxylic acids is 2. The molecule has 12 heavy (non-hydrogen) atoms. The van der Waals surface area contributed by atoms with Crippen LogP contribution in [0.25, 0.3) is 0 Å². The van der Waals surface area contributed by atoms with Gasteiger partial charge in [0.2, 0.25) is 0 Å². The summed E-state index contributed by atoms with van der Waals surface area (Å²) in [4.78, 5) is 22.1. The Morgan fingerprint density at radius 2 is 2.33 bits per heavy atom. The van der Waals surface area contributed by atoms with Gasteiger partial charge in [-0.15, -0.1) is 0 Å². The van der Waals surface area contributed by atoms with Gasteiger partial charge in [0.25, 0.3) is 5.91 Å². The van der Waals surface area contributed by atoms with E-state index in [4.69, 9.17) is 4.74 Å². The zero-order valence-corrected chi connectivity index (χ0v) is 6.92. The summed E-state index contributed by atoms with van der Waals surface area (Å²) >= 11 is 0. The molecule has 66 valence electrons. The van der Waals surface area contributed by atoms with E-state index in [0.29, 0.717) is 18.8 Å². The van der Waals surface area contributed by atoms with E-state index in [1.807, 2.05) is 0 Å². The Balaban J connectivity index is 2.22. The van der Waals surface area contributed by atoms with Gasteiger partial charge in [0.1, 0.15) is 0 Å². The van der Waals surface area contributed by atoms with Crippen LogP contribution in [0.1, 0.15) is 26.2 Å². The molecule has 0 aromatic carbocycles. The fourth-order valence-corrected chi connectivity index (χ4v) is 2.00. The van der Waals surface area contributed by atoms with Crippen LogP contribution in [0.15, 0.2) is 0 Å². The van der Waals surface area contributed by atoms with Gasteiger partial charge in [-0.25, -0.2) is 4.79 Å². The lowest BCUT2D eigenvalue weighted by atomic mass is 10.0. The fraction of sp³-hybridized carbons (Fsp3) is 0.750. The molecule has 1 spiro atoms. The van der Waals surface area contributed by atoms with Crippen LogP contribution in [0.2, 0.25) is 0 Å². The second kappa shape index (κ2) is 2.21. The van der Waals surface area contributed by atoms with E-state index in [-0.39, 0.29) is 5.91 Å². The third kappa shape index (κ3) is 0.906. The minimum absolute atomic E-state index is 0.253. The number of rotatable bonds is 0. The second-order valence-corrected chi connectivity index (χ2v) is 3.69. The standard InChI is InChI=1S/C8H11NO3/c1-5-2-3-8(4-5)6(10)9-7(11)12-8/h5H,2-4H2,1H3,(H,9,10,11). The Bertz CT molecular complexity index is 251. The van der Waals surface area contributed by atoms with Gasteiger partial charge < -0.3 is 4.74 Å². The topological polar surface area (TPSA) is 55.4 Å². The molecule has 1 aliphatic heterocycles. The number of nitrogens with one attached hydrogen (secondary N) is 1. The molecule has 0 radical (unpaired) electrons. The highest BCUT2D eigenvalue weighted by Crippen LogP contribution is 2.39. The van der Waals surface area contributed by atoms with Crippen LogP contribution in [0, 0.1) is 5.92 Å². The van der Waals surface area contributed by atoms with Crippen molar-refractivity contribution in [2.75, 3.05) is 0 Å². The third-order valence-electron chi connectivity index (χ3n) is 2.64. The fourth-order valence-electron chi connectivity index (χ4n) is 2.00. The Labute approximate surface area is 70.3 Å². The molecule has 2 amide bonds. The summed E-state index contributed by atoms with van der Waals surface area (Å²) in [7, 11) is 0. The van der Waals surface area contributed by atoms with Gasteiger partial charge in [0.05, 0.1) is 0 Å². The maximum absolute atomic E-state index is 11.3. The molecule has 1 heterocycles. The molecule has 0 aromatic rings. The maximum atomic E-state index is 11.3. The SMILES string of the molecule is CC1CCC2(C1)OC(=O)NC2=O. The van der Waals surface area contributed by atoms with Crippen molar-refractivity contribution in [1.82, 2.24) is 5.32 Å². The molecule has 2 fully saturated rings. The monoisotopic (exact) mass is 169 g/mol. The van der Waals surface area contributed by atoms with Crippen molar-refractivity contribution >= 4 is 12.0 Å². The molecule has 2 aliphatic rings. The largest absolute Gasteiger partial charge is 0.432 e. The van der Waals surface area contributed by atoms with Crippen LogP contribution < -0.4 is 5.32 Å². The average molecular weight is 169 g/mol. The molecule has 0 bridgehead atoms. The Morgan fingerprint density at radius 1 is 1.58 bits per heavy atom. The first-order valence-electron chi connectivity index (χ1n) is 4.17. The summed E-state index contributed by atoms with van der Waals surface area (Å²) in [5.41, 5.74) is -0.809. The van der Waals surface area contributed by atoms with Gasteiger partial charge in [-0.3, -0.25) is 10.1 Å². The summed E-state index contributed by atoms with van der Waals surface area (Å²) in [5, 5.41) is 2.17. The van der Waals surface area contributed by atoms with Gasteiger partial charge in [-0.05, 0) is 25.2 Å². The van der Waals surface area contributed by atoms with Crippen molar-refractivity contribution in [3.63, 3.8) is 0 Å². The predicted molar refractivity (Wildman–Crippen MR) is 40.4 cm³/mol. The Kier molecular flexibility index (Phi) is 1.40. The normalized spacial score (nSPS) is 40.2. The summed E-state index contributed by atoms with van der Waals surface area (Å²) in [6.07, 6.45) is 1.71. The van der Waals surface area contributed by atoms with Crippen molar-refractivity contribution in [3.05, 3.63) is 0 Å². The molecule has 4 nitrogen and oxygen atoms in total. The molecule has 2 rings (SSSR count). The highest BCUT2D eigenvalue weighted by atomic mass is 16.6. The number of imide groups is 1. The van der Waals surface area contributed by atoms with Gasteiger partial charge in [-0.1, -0.05) is 6.92 Å². The highest BCUT2D eigenvalue weighted by molar-refractivity contribution is 6.03. The van der Waals surface area contributed by atoms with Crippen molar-refractivity contribution in [2.45, 2.75) is 31.8 Å². The summed E-state index contributed by atoms with van der Waals surface area (Å²) in [5.74, 6) is 0.221.